The number of benzene rings is 2. The van der Waals surface area contributed by atoms with Gasteiger partial charge in [0.1, 0.15) is 11.5 Å². The summed E-state index contributed by atoms with van der Waals surface area (Å²) in [6, 6.07) is 16.2. The minimum absolute atomic E-state index is 0.782. The largest absolute Gasteiger partial charge is 0.497 e. The molecule has 21 heavy (non-hydrogen) atoms. The molecule has 0 heterocycles. The molecule has 0 radical (unpaired) electrons. The van der Waals surface area contributed by atoms with Gasteiger partial charge in [-0.15, -0.1) is 0 Å². The molecule has 0 saturated heterocycles. The molecule has 0 N–H and O–H groups in total. The van der Waals surface area contributed by atoms with Crippen molar-refractivity contribution >= 4 is 11.4 Å². The van der Waals surface area contributed by atoms with Crippen molar-refractivity contribution in [2.45, 2.75) is 19.8 Å². The highest BCUT2D eigenvalue weighted by atomic mass is 16.5. The standard InChI is InChI=1S/C18H23NO2/c1-4-5-14-21-18-12-8-16(9-13-18)19(2)15-6-10-17(20-3)11-7-15/h6-13H,4-5,14H2,1-3H3. The molecule has 2 rings (SSSR count). The van der Waals surface area contributed by atoms with Crippen molar-refractivity contribution in [1.29, 1.82) is 0 Å². The molecule has 2 aromatic carbocycles. The second kappa shape index (κ2) is 7.58. The van der Waals surface area contributed by atoms with Gasteiger partial charge in [0, 0.05) is 18.4 Å². The molecule has 112 valence electrons. The summed E-state index contributed by atoms with van der Waals surface area (Å²) in [6.07, 6.45) is 2.24. The van der Waals surface area contributed by atoms with Crippen LogP contribution in [0.3, 0.4) is 0 Å². The Morgan fingerprint density at radius 2 is 1.38 bits per heavy atom. The average Bonchev–Trinajstić information content (AvgIpc) is 2.55. The topological polar surface area (TPSA) is 21.7 Å². The molecular formula is C18H23NO2. The van der Waals surface area contributed by atoms with Gasteiger partial charge >= 0.3 is 0 Å². The summed E-state index contributed by atoms with van der Waals surface area (Å²) in [5, 5.41) is 0. The molecule has 0 spiro atoms. The summed E-state index contributed by atoms with van der Waals surface area (Å²) in [7, 11) is 3.73. The van der Waals surface area contributed by atoms with E-state index in [2.05, 4.69) is 31.0 Å². The molecule has 0 aliphatic carbocycles. The van der Waals surface area contributed by atoms with Crippen LogP contribution in [0.25, 0.3) is 0 Å². The van der Waals surface area contributed by atoms with E-state index < -0.39 is 0 Å². The Morgan fingerprint density at radius 3 is 1.86 bits per heavy atom. The van der Waals surface area contributed by atoms with E-state index in [1.165, 1.54) is 0 Å². The number of ether oxygens (including phenoxy) is 2. The van der Waals surface area contributed by atoms with Gasteiger partial charge in [-0.05, 0) is 55.0 Å². The molecule has 0 aliphatic heterocycles. The fourth-order valence-electron chi connectivity index (χ4n) is 2.06. The maximum absolute atomic E-state index is 5.68. The van der Waals surface area contributed by atoms with Crippen LogP contribution in [0.4, 0.5) is 11.4 Å². The first-order valence-electron chi connectivity index (χ1n) is 7.35. The first-order chi connectivity index (χ1) is 10.2. The van der Waals surface area contributed by atoms with Crippen LogP contribution in [0, 0.1) is 0 Å². The molecule has 0 amide bonds. The first kappa shape index (κ1) is 15.2. The van der Waals surface area contributed by atoms with Crippen LogP contribution in [0.2, 0.25) is 0 Å². The van der Waals surface area contributed by atoms with Crippen LogP contribution in [0.1, 0.15) is 19.8 Å². The molecule has 3 heteroatoms. The quantitative estimate of drug-likeness (QED) is 0.692. The Balaban J connectivity index is 2.02. The number of hydrogen-bond acceptors (Lipinski definition) is 3. The average molecular weight is 285 g/mol. The van der Waals surface area contributed by atoms with Crippen molar-refractivity contribution in [2.24, 2.45) is 0 Å². The predicted molar refractivity (Wildman–Crippen MR) is 87.9 cm³/mol. The molecule has 0 saturated carbocycles. The minimum atomic E-state index is 0.782. The van der Waals surface area contributed by atoms with Crippen molar-refractivity contribution < 1.29 is 9.47 Å². The van der Waals surface area contributed by atoms with E-state index in [1.54, 1.807) is 7.11 Å². The van der Waals surface area contributed by atoms with E-state index in [0.29, 0.717) is 0 Å². The Labute approximate surface area is 127 Å². The van der Waals surface area contributed by atoms with Crippen molar-refractivity contribution in [3.8, 4) is 11.5 Å². The third-order valence-electron chi connectivity index (χ3n) is 3.45. The molecule has 0 atom stereocenters. The summed E-state index contributed by atoms with van der Waals surface area (Å²) in [4.78, 5) is 2.13. The highest BCUT2D eigenvalue weighted by Gasteiger charge is 2.04. The summed E-state index contributed by atoms with van der Waals surface area (Å²) in [5.74, 6) is 1.79. The van der Waals surface area contributed by atoms with Gasteiger partial charge in [-0.2, -0.15) is 0 Å². The molecule has 0 aromatic heterocycles. The van der Waals surface area contributed by atoms with Gasteiger partial charge in [0.2, 0.25) is 0 Å². The number of rotatable bonds is 7. The van der Waals surface area contributed by atoms with E-state index in [0.717, 1.165) is 42.3 Å². The number of anilines is 2. The smallest absolute Gasteiger partial charge is 0.119 e. The van der Waals surface area contributed by atoms with Gasteiger partial charge in [0.15, 0.2) is 0 Å². The van der Waals surface area contributed by atoms with Crippen LogP contribution in [0.5, 0.6) is 11.5 Å². The number of hydrogen-bond donors (Lipinski definition) is 0. The lowest BCUT2D eigenvalue weighted by Crippen LogP contribution is -2.09. The zero-order valence-electron chi connectivity index (χ0n) is 13.0. The maximum atomic E-state index is 5.68. The Morgan fingerprint density at radius 1 is 0.857 bits per heavy atom. The monoisotopic (exact) mass is 285 g/mol. The second-order valence-corrected chi connectivity index (χ2v) is 4.95. The summed E-state index contributed by atoms with van der Waals surface area (Å²) in [5.41, 5.74) is 2.25. The highest BCUT2D eigenvalue weighted by Crippen LogP contribution is 2.27. The van der Waals surface area contributed by atoms with Crippen molar-refractivity contribution in [3.63, 3.8) is 0 Å². The lowest BCUT2D eigenvalue weighted by atomic mass is 10.2. The Bertz CT molecular complexity index is 534. The molecule has 0 unspecified atom stereocenters. The van der Waals surface area contributed by atoms with Crippen LogP contribution in [0.15, 0.2) is 48.5 Å². The fraction of sp³-hybridized carbons (Fsp3) is 0.333. The molecule has 0 bridgehead atoms. The van der Waals surface area contributed by atoms with Crippen LogP contribution < -0.4 is 14.4 Å². The van der Waals surface area contributed by atoms with Crippen LogP contribution in [-0.2, 0) is 0 Å². The summed E-state index contributed by atoms with van der Waals surface area (Å²) >= 11 is 0. The second-order valence-electron chi connectivity index (χ2n) is 4.95. The third-order valence-corrected chi connectivity index (χ3v) is 3.45. The van der Waals surface area contributed by atoms with Crippen LogP contribution in [-0.4, -0.2) is 20.8 Å². The van der Waals surface area contributed by atoms with Gasteiger partial charge in [0.25, 0.3) is 0 Å². The molecule has 0 aliphatic rings. The number of unbranched alkanes of at least 4 members (excludes halogenated alkanes) is 1. The molecule has 3 nitrogen and oxygen atoms in total. The normalized spacial score (nSPS) is 10.2. The van der Waals surface area contributed by atoms with Gasteiger partial charge in [0.05, 0.1) is 13.7 Å². The van der Waals surface area contributed by atoms with Crippen LogP contribution >= 0.6 is 0 Å². The van der Waals surface area contributed by atoms with Gasteiger partial charge in [-0.25, -0.2) is 0 Å². The fourth-order valence-corrected chi connectivity index (χ4v) is 2.06. The maximum Gasteiger partial charge on any atom is 0.119 e. The predicted octanol–water partition coefficient (Wildman–Crippen LogP) is 4.64. The molecule has 0 fully saturated rings. The Kier molecular flexibility index (Phi) is 5.50. The Hall–Kier alpha value is -2.16. The summed E-state index contributed by atoms with van der Waals surface area (Å²) in [6.45, 7) is 2.94. The number of methoxy groups -OCH3 is 1. The van der Waals surface area contributed by atoms with E-state index >= 15 is 0 Å². The lowest BCUT2D eigenvalue weighted by molar-refractivity contribution is 0.309. The minimum Gasteiger partial charge on any atom is -0.497 e. The lowest BCUT2D eigenvalue weighted by Gasteiger charge is -2.20. The molecule has 2 aromatic rings. The summed E-state index contributed by atoms with van der Waals surface area (Å²) < 4.78 is 10.9. The van der Waals surface area contributed by atoms with Crippen molar-refractivity contribution in [2.75, 3.05) is 25.7 Å². The first-order valence-corrected chi connectivity index (χ1v) is 7.35. The van der Waals surface area contributed by atoms with E-state index in [4.69, 9.17) is 9.47 Å². The number of nitrogens with zero attached hydrogens (tertiary/aromatic N) is 1. The zero-order chi connectivity index (χ0) is 15.1. The van der Waals surface area contributed by atoms with E-state index in [-0.39, 0.29) is 0 Å². The zero-order valence-corrected chi connectivity index (χ0v) is 13.0. The molecular weight excluding hydrogens is 262 g/mol. The van der Waals surface area contributed by atoms with E-state index in [9.17, 15) is 0 Å². The SMILES string of the molecule is CCCCOc1ccc(N(C)c2ccc(OC)cc2)cc1. The van der Waals surface area contributed by atoms with E-state index in [1.807, 2.05) is 36.4 Å². The van der Waals surface area contributed by atoms with Gasteiger partial charge < -0.3 is 14.4 Å². The third kappa shape index (κ3) is 4.15. The highest BCUT2D eigenvalue weighted by molar-refractivity contribution is 5.63. The van der Waals surface area contributed by atoms with Gasteiger partial charge in [-0.3, -0.25) is 0 Å². The van der Waals surface area contributed by atoms with Crippen molar-refractivity contribution in [1.82, 2.24) is 0 Å². The van der Waals surface area contributed by atoms with Gasteiger partial charge in [-0.1, -0.05) is 13.3 Å². The van der Waals surface area contributed by atoms with Crippen molar-refractivity contribution in [3.05, 3.63) is 48.5 Å².